The van der Waals surface area contributed by atoms with Crippen LogP contribution in [0.25, 0.3) is 33.1 Å². The molecule has 0 spiro atoms. The minimum Gasteiger partial charge on any atom is -0.373 e. The number of fused-ring (bicyclic) bond motifs is 6. The molecule has 35 nitrogen and oxygen atoms in total. The van der Waals surface area contributed by atoms with E-state index < -0.39 is 65.9 Å². The molecule has 0 fully saturated rings. The Morgan fingerprint density at radius 3 is 1.02 bits per heavy atom. The first-order valence-corrected chi connectivity index (χ1v) is 46.6. The molecule has 708 valence electrons. The Bertz CT molecular complexity index is 5570. The molecule has 9 aromatic rings. The van der Waals surface area contributed by atoms with Gasteiger partial charge in [0.2, 0.25) is 59.1 Å². The molecule has 6 aromatic carbocycles. The van der Waals surface area contributed by atoms with Gasteiger partial charge in [0.15, 0.2) is 0 Å². The number of H-pyrrole nitrogens is 3. The molecule has 133 heavy (non-hydrogen) atoms. The van der Waals surface area contributed by atoms with Crippen molar-refractivity contribution in [1.82, 2.24) is 96.5 Å². The van der Waals surface area contributed by atoms with Gasteiger partial charge in [-0.1, -0.05) is 64.1 Å². The van der Waals surface area contributed by atoms with Gasteiger partial charge >= 0.3 is 0 Å². The summed E-state index contributed by atoms with van der Waals surface area (Å²) in [6.45, 7) is 16.0. The summed E-state index contributed by atoms with van der Waals surface area (Å²) >= 11 is 0. The highest BCUT2D eigenvalue weighted by Crippen LogP contribution is 2.31. The second kappa shape index (κ2) is 46.9. The Hall–Kier alpha value is -13.8. The summed E-state index contributed by atoms with van der Waals surface area (Å²) in [6.07, 6.45) is 3.55. The second-order valence-electron chi connectivity index (χ2n) is 35.4. The monoisotopic (exact) mass is 1820 g/mol. The van der Waals surface area contributed by atoms with E-state index in [-0.39, 0.29) is 176 Å². The van der Waals surface area contributed by atoms with Gasteiger partial charge in [-0.3, -0.25) is 62.3 Å². The van der Waals surface area contributed by atoms with Crippen LogP contribution in [0.1, 0.15) is 216 Å². The van der Waals surface area contributed by atoms with Gasteiger partial charge in [-0.2, -0.15) is 0 Å². The third-order valence-corrected chi connectivity index (χ3v) is 24.6. The minimum absolute atomic E-state index is 0.0177. The Kier molecular flexibility index (Phi) is 34.6. The predicted octanol–water partition coefficient (Wildman–Crippen LogP) is 9.19. The molecule has 0 unspecified atom stereocenters. The number of nitrogens with one attached hydrogen (secondary N) is 13. The van der Waals surface area contributed by atoms with E-state index in [4.69, 9.17) is 0 Å². The van der Waals surface area contributed by atoms with Crippen molar-refractivity contribution in [3.63, 3.8) is 0 Å². The van der Waals surface area contributed by atoms with Crippen LogP contribution in [0.3, 0.4) is 0 Å². The smallest absolute Gasteiger partial charge is 0.254 e. The molecular weight excluding hydrogens is 1690 g/mol. The number of amides is 13. The highest BCUT2D eigenvalue weighted by Gasteiger charge is 2.35. The summed E-state index contributed by atoms with van der Waals surface area (Å²) in [5.41, 5.74) is 11.1. The molecule has 13 N–H and O–H groups in total. The number of anilines is 3. The van der Waals surface area contributed by atoms with E-state index >= 15 is 0 Å². The van der Waals surface area contributed by atoms with Crippen LogP contribution < -0.4 is 53.2 Å². The molecule has 12 rings (SSSR count). The van der Waals surface area contributed by atoms with Crippen molar-refractivity contribution in [2.45, 2.75) is 233 Å². The Labute approximate surface area is 775 Å². The number of aromatic nitrogens is 6. The zero-order valence-electron chi connectivity index (χ0n) is 77.9. The summed E-state index contributed by atoms with van der Waals surface area (Å²) < 4.78 is 0. The number of para-hydroxylation sites is 6. The van der Waals surface area contributed by atoms with E-state index in [2.05, 4.69) is 83.1 Å². The van der Waals surface area contributed by atoms with Gasteiger partial charge in [0.05, 0.1) is 52.7 Å². The van der Waals surface area contributed by atoms with Gasteiger partial charge in [0.25, 0.3) is 17.7 Å². The number of imidazole rings is 3. The first kappa shape index (κ1) is 98.3. The maximum absolute atomic E-state index is 14.3. The zero-order valence-corrected chi connectivity index (χ0v) is 77.9. The maximum atomic E-state index is 14.3. The van der Waals surface area contributed by atoms with E-state index in [0.29, 0.717) is 98.7 Å². The highest BCUT2D eigenvalue weighted by atomic mass is 16.2. The molecule has 0 saturated carbocycles. The van der Waals surface area contributed by atoms with Crippen LogP contribution in [0.15, 0.2) is 127 Å². The van der Waals surface area contributed by atoms with Crippen LogP contribution in [0.4, 0.5) is 17.1 Å². The van der Waals surface area contributed by atoms with E-state index in [1.807, 2.05) is 130 Å². The van der Waals surface area contributed by atoms with Crippen molar-refractivity contribution in [3.8, 4) is 0 Å². The van der Waals surface area contributed by atoms with Crippen LogP contribution in [-0.2, 0) is 87.2 Å². The van der Waals surface area contributed by atoms with Gasteiger partial charge in [-0.25, -0.2) is 15.0 Å². The molecule has 0 bridgehead atoms. The predicted molar refractivity (Wildman–Crippen MR) is 507 cm³/mol. The molecular formula is C98H128N22O13. The minimum atomic E-state index is -1.23. The molecule has 3 aliphatic rings. The molecule has 0 saturated heterocycles. The highest BCUT2D eigenvalue weighted by molar-refractivity contribution is 5.98. The van der Waals surface area contributed by atoms with E-state index in [0.717, 1.165) is 66.9 Å². The number of hydrogen-bond acceptors (Lipinski definition) is 19. The van der Waals surface area contributed by atoms with E-state index in [1.165, 1.54) is 0 Å². The number of aromatic amines is 3. The second-order valence-corrected chi connectivity index (χ2v) is 35.4. The topological polar surface area (TPSA) is 448 Å². The lowest BCUT2D eigenvalue weighted by molar-refractivity contribution is -0.133. The van der Waals surface area contributed by atoms with Crippen molar-refractivity contribution in [1.29, 1.82) is 0 Å². The lowest BCUT2D eigenvalue weighted by Gasteiger charge is -2.24. The molecule has 35 heteroatoms. The van der Waals surface area contributed by atoms with Crippen LogP contribution >= 0.6 is 0 Å². The maximum Gasteiger partial charge on any atom is 0.254 e. The Morgan fingerprint density at radius 1 is 0.383 bits per heavy atom. The SMILES string of the molecule is CC[C@@H]1Nc2ccc(C(=O)N(C)Cc3nc4ccccc4[nH]3)cc2CN(CCCNC(=O)CC[C@@H](C)NC(=O)CC[C@H](NC(=O)[C@@H](C)CCC(=O)N[C@H](C)CCC(=O)NCCCN2Cc3cc(C(=O)N(C)Cc4nc5ccccc5[nH]4)ccc3N[C@@H](CC)C2=O)C(=O)N[C@H](C)CCC(=O)NCCCN2Cc3cc(C(=O)N(C)Cc4nc5ccccc5[nH]4)ccc3N[C@@H](CC)C2=O)C1=O. The van der Waals surface area contributed by atoms with E-state index in [9.17, 15) is 62.3 Å². The first-order valence-electron chi connectivity index (χ1n) is 46.6. The summed E-state index contributed by atoms with van der Waals surface area (Å²) in [5, 5.41) is 30.5. The number of rotatable bonds is 45. The van der Waals surface area contributed by atoms with Crippen molar-refractivity contribution in [3.05, 3.63) is 178 Å². The van der Waals surface area contributed by atoms with Gasteiger partial charge in [0, 0.05) is 170 Å². The third kappa shape index (κ3) is 27.2. The van der Waals surface area contributed by atoms with Crippen molar-refractivity contribution < 1.29 is 62.3 Å². The van der Waals surface area contributed by atoms with E-state index in [1.54, 1.807) is 96.4 Å². The Balaban J connectivity index is 0.584. The summed E-state index contributed by atoms with van der Waals surface area (Å²) in [6, 6.07) is 35.0. The lowest BCUT2D eigenvalue weighted by Crippen LogP contribution is -2.51. The summed E-state index contributed by atoms with van der Waals surface area (Å²) in [7, 11) is 5.15. The number of benzene rings is 6. The van der Waals surface area contributed by atoms with Crippen molar-refractivity contribution >= 4 is 127 Å². The summed E-state index contributed by atoms with van der Waals surface area (Å²) in [5.74, 6) is -2.46. The third-order valence-electron chi connectivity index (χ3n) is 24.6. The van der Waals surface area contributed by atoms with Gasteiger partial charge < -0.3 is 97.5 Å². The molecule has 6 heterocycles. The fourth-order valence-corrected chi connectivity index (χ4v) is 16.8. The van der Waals surface area contributed by atoms with Crippen molar-refractivity contribution in [2.75, 3.05) is 76.4 Å². The normalized spacial score (nSPS) is 15.9. The van der Waals surface area contributed by atoms with Crippen LogP contribution in [0.2, 0.25) is 0 Å². The Morgan fingerprint density at radius 2 is 0.692 bits per heavy atom. The number of carbonyl (C=O) groups excluding carboxylic acids is 13. The number of carbonyl (C=O) groups is 13. The molecule has 13 amide bonds. The van der Waals surface area contributed by atoms with Gasteiger partial charge in [-0.15, -0.1) is 0 Å². The molecule has 3 aliphatic heterocycles. The van der Waals surface area contributed by atoms with Crippen LogP contribution in [-0.4, -0.2) is 239 Å². The average Bonchev–Trinajstić information content (AvgIpc) is 1.61. The fourth-order valence-electron chi connectivity index (χ4n) is 16.8. The summed E-state index contributed by atoms with van der Waals surface area (Å²) in [4.78, 5) is 212. The number of nitrogens with zero attached hydrogens (tertiary/aromatic N) is 9. The standard InChI is InChI=1S/C98H128N22O13/c1-11-70-96(131)118(54-67-51-64(33-36-73(67)105-70)93(128)115(8)57-83-108-76-23-14-15-24-77(76)109-83)48-20-45-99-86(121)41-30-61(5)102-89(124)40-29-60(4)91(126)114-82(92(127)104-63(7)32-43-88(123)101-47-22-50-120-56-69-53-66(35-38-75(69)107-72(13-3)98(120)133)95(130)117(10)59-85-112-80-27-18-19-28-81(80)113-85)39-44-90(125)103-62(6)31-42-87(122)100-46-21-49-119-55-68-52-65(34-37-74(68)106-71(12-2)97(119)132)94(129)116(9)58-84-110-78-25-16-17-26-79(78)111-84/h14-19,23-28,33-38,51-53,60-63,70-72,82,105-107H,11-13,20-22,29-32,39-50,54-59H2,1-10H3,(H,99,121)(H,100,122)(H,101,123)(H,102,124)(H,103,125)(H,104,127)(H,108,109)(H,110,111)(H,112,113)(H,114,126)/t60-,61+,62+,63+,70-,71-,72-,82-/m0/s1. The largest absolute Gasteiger partial charge is 0.373 e. The van der Waals surface area contributed by atoms with Crippen molar-refractivity contribution in [2.24, 2.45) is 5.92 Å². The average molecular weight is 1820 g/mol. The molecule has 3 aromatic heterocycles. The van der Waals surface area contributed by atoms with Crippen LogP contribution in [0.5, 0.6) is 0 Å². The van der Waals surface area contributed by atoms with Crippen LogP contribution in [0, 0.1) is 5.92 Å². The quantitative estimate of drug-likeness (QED) is 0.0158. The first-order chi connectivity index (χ1) is 64.0. The van der Waals surface area contributed by atoms with Gasteiger partial charge in [0.1, 0.15) is 41.6 Å². The molecule has 0 aliphatic carbocycles. The molecule has 8 atom stereocenters. The zero-order chi connectivity index (χ0) is 94.9. The fraction of sp³-hybridized carbons (Fsp3) is 0.469. The lowest BCUT2D eigenvalue weighted by atomic mass is 10.0. The molecule has 0 radical (unpaired) electrons. The van der Waals surface area contributed by atoms with Gasteiger partial charge in [-0.05, 0) is 199 Å². The number of hydrogen-bond donors (Lipinski definition) is 13.